The van der Waals surface area contributed by atoms with Crippen molar-refractivity contribution in [3.63, 3.8) is 0 Å². The number of nitrogens with zero attached hydrogens (tertiary/aromatic N) is 3. The van der Waals surface area contributed by atoms with Crippen LogP contribution in [0.4, 0.5) is 0 Å². The molecule has 0 aliphatic heterocycles. The SMILES string of the molecule is CN=C(NCc1ccnn1C)NCC1(c2ccccc2)CCCC1. The number of benzene rings is 1. The number of aliphatic imine (C=N–C) groups is 1. The van der Waals surface area contributed by atoms with Crippen LogP contribution in [0.15, 0.2) is 47.6 Å². The Hall–Kier alpha value is -2.30. The summed E-state index contributed by atoms with van der Waals surface area (Å²) < 4.78 is 1.88. The second-order valence-corrected chi connectivity index (χ2v) is 6.58. The van der Waals surface area contributed by atoms with Crippen molar-refractivity contribution in [3.05, 3.63) is 53.9 Å². The Morgan fingerprint density at radius 2 is 1.92 bits per heavy atom. The maximum absolute atomic E-state index is 4.37. The largest absolute Gasteiger partial charge is 0.356 e. The molecule has 24 heavy (non-hydrogen) atoms. The van der Waals surface area contributed by atoms with Crippen LogP contribution < -0.4 is 10.6 Å². The predicted octanol–water partition coefficient (Wildman–Crippen LogP) is 2.60. The van der Waals surface area contributed by atoms with Gasteiger partial charge in [0.1, 0.15) is 0 Å². The highest BCUT2D eigenvalue weighted by Gasteiger charge is 2.35. The number of aromatic nitrogens is 2. The Morgan fingerprint density at radius 3 is 2.54 bits per heavy atom. The fourth-order valence-electron chi connectivity index (χ4n) is 3.63. The van der Waals surface area contributed by atoms with E-state index >= 15 is 0 Å². The van der Waals surface area contributed by atoms with Gasteiger partial charge in [0.25, 0.3) is 0 Å². The number of hydrogen-bond acceptors (Lipinski definition) is 2. The Morgan fingerprint density at radius 1 is 1.17 bits per heavy atom. The highest BCUT2D eigenvalue weighted by Crippen LogP contribution is 2.40. The van der Waals surface area contributed by atoms with Gasteiger partial charge >= 0.3 is 0 Å². The molecule has 0 bridgehead atoms. The molecule has 1 aromatic heterocycles. The average Bonchev–Trinajstić information content (AvgIpc) is 3.26. The number of rotatable bonds is 5. The second-order valence-electron chi connectivity index (χ2n) is 6.58. The molecule has 0 spiro atoms. The summed E-state index contributed by atoms with van der Waals surface area (Å²) in [7, 11) is 3.78. The molecule has 1 saturated carbocycles. The first-order valence-corrected chi connectivity index (χ1v) is 8.70. The highest BCUT2D eigenvalue weighted by molar-refractivity contribution is 5.79. The van der Waals surface area contributed by atoms with Crippen LogP contribution in [0.5, 0.6) is 0 Å². The topological polar surface area (TPSA) is 54.2 Å². The van der Waals surface area contributed by atoms with Crippen LogP contribution in [-0.2, 0) is 19.0 Å². The lowest BCUT2D eigenvalue weighted by Crippen LogP contribution is -2.44. The predicted molar refractivity (Wildman–Crippen MR) is 98.0 cm³/mol. The molecule has 0 radical (unpaired) electrons. The lowest BCUT2D eigenvalue weighted by atomic mass is 9.79. The summed E-state index contributed by atoms with van der Waals surface area (Å²) in [5.74, 6) is 0.846. The molecule has 5 heteroatoms. The van der Waals surface area contributed by atoms with Gasteiger partial charge in [0.2, 0.25) is 0 Å². The summed E-state index contributed by atoms with van der Waals surface area (Å²) in [5, 5.41) is 11.1. The zero-order valence-electron chi connectivity index (χ0n) is 14.6. The van der Waals surface area contributed by atoms with E-state index in [1.54, 1.807) is 0 Å². The molecule has 0 atom stereocenters. The molecule has 2 aromatic rings. The molecule has 1 aromatic carbocycles. The number of nitrogens with one attached hydrogen (secondary N) is 2. The Kier molecular flexibility index (Phi) is 5.18. The molecule has 3 rings (SSSR count). The normalized spacial score (nSPS) is 17.0. The molecule has 1 fully saturated rings. The van der Waals surface area contributed by atoms with Crippen molar-refractivity contribution in [3.8, 4) is 0 Å². The van der Waals surface area contributed by atoms with E-state index in [1.807, 2.05) is 31.0 Å². The highest BCUT2D eigenvalue weighted by atomic mass is 15.3. The van der Waals surface area contributed by atoms with E-state index in [-0.39, 0.29) is 5.41 Å². The van der Waals surface area contributed by atoms with Crippen molar-refractivity contribution < 1.29 is 0 Å². The van der Waals surface area contributed by atoms with Crippen LogP contribution in [0.3, 0.4) is 0 Å². The van der Waals surface area contributed by atoms with Gasteiger partial charge in [0, 0.05) is 32.3 Å². The first-order valence-electron chi connectivity index (χ1n) is 8.70. The number of aryl methyl sites for hydroxylation is 1. The summed E-state index contributed by atoms with van der Waals surface area (Å²) in [5.41, 5.74) is 2.81. The average molecular weight is 325 g/mol. The minimum atomic E-state index is 0.228. The maximum atomic E-state index is 4.37. The van der Waals surface area contributed by atoms with Crippen LogP contribution in [0.1, 0.15) is 36.9 Å². The zero-order chi connectivity index (χ0) is 16.8. The standard InChI is InChI=1S/C19H27N5/c1-20-18(21-14-17-10-13-23-24(17)2)22-15-19(11-6-7-12-19)16-8-4-3-5-9-16/h3-5,8-10,13H,6-7,11-12,14-15H2,1-2H3,(H2,20,21,22). The summed E-state index contributed by atoms with van der Waals surface area (Å²) in [4.78, 5) is 4.37. The molecule has 1 heterocycles. The van der Waals surface area contributed by atoms with Gasteiger partial charge in [-0.25, -0.2) is 0 Å². The van der Waals surface area contributed by atoms with E-state index in [9.17, 15) is 0 Å². The maximum Gasteiger partial charge on any atom is 0.191 e. The van der Waals surface area contributed by atoms with Crippen LogP contribution in [0, 0.1) is 0 Å². The summed E-state index contributed by atoms with van der Waals surface area (Å²) >= 11 is 0. The fraction of sp³-hybridized carbons (Fsp3) is 0.474. The van der Waals surface area contributed by atoms with Gasteiger partial charge in [0.05, 0.1) is 12.2 Å². The summed E-state index contributed by atoms with van der Waals surface area (Å²) in [6, 6.07) is 12.9. The lowest BCUT2D eigenvalue weighted by Gasteiger charge is -2.30. The monoisotopic (exact) mass is 325 g/mol. The third-order valence-electron chi connectivity index (χ3n) is 5.12. The zero-order valence-corrected chi connectivity index (χ0v) is 14.6. The molecule has 1 aliphatic rings. The Balaban J connectivity index is 1.62. The van der Waals surface area contributed by atoms with Crippen molar-refractivity contribution in [1.29, 1.82) is 0 Å². The number of guanidine groups is 1. The van der Waals surface area contributed by atoms with Crippen LogP contribution in [0.2, 0.25) is 0 Å². The third kappa shape index (κ3) is 3.61. The van der Waals surface area contributed by atoms with Gasteiger partial charge in [-0.3, -0.25) is 9.67 Å². The lowest BCUT2D eigenvalue weighted by molar-refractivity contribution is 0.431. The molecule has 0 unspecified atom stereocenters. The van der Waals surface area contributed by atoms with Gasteiger partial charge in [-0.15, -0.1) is 0 Å². The van der Waals surface area contributed by atoms with Crippen molar-refractivity contribution in [2.45, 2.75) is 37.6 Å². The minimum Gasteiger partial charge on any atom is -0.356 e. The smallest absolute Gasteiger partial charge is 0.191 e. The second kappa shape index (κ2) is 7.51. The van der Waals surface area contributed by atoms with Crippen molar-refractivity contribution in [2.75, 3.05) is 13.6 Å². The van der Waals surface area contributed by atoms with Gasteiger partial charge in [0.15, 0.2) is 5.96 Å². The van der Waals surface area contributed by atoms with Crippen molar-refractivity contribution in [1.82, 2.24) is 20.4 Å². The Labute approximate surface area is 144 Å². The van der Waals surface area contributed by atoms with E-state index in [4.69, 9.17) is 0 Å². The van der Waals surface area contributed by atoms with E-state index < -0.39 is 0 Å². The van der Waals surface area contributed by atoms with Gasteiger partial charge < -0.3 is 10.6 Å². The number of hydrogen-bond donors (Lipinski definition) is 2. The Bertz CT molecular complexity index is 668. The molecule has 5 nitrogen and oxygen atoms in total. The minimum absolute atomic E-state index is 0.228. The molecular weight excluding hydrogens is 298 g/mol. The molecular formula is C19H27N5. The molecule has 128 valence electrons. The van der Waals surface area contributed by atoms with Crippen LogP contribution >= 0.6 is 0 Å². The van der Waals surface area contributed by atoms with Crippen LogP contribution in [-0.4, -0.2) is 29.3 Å². The van der Waals surface area contributed by atoms with Crippen molar-refractivity contribution >= 4 is 5.96 Å². The van der Waals surface area contributed by atoms with Gasteiger partial charge in [-0.1, -0.05) is 43.2 Å². The molecule has 1 aliphatic carbocycles. The van der Waals surface area contributed by atoms with Crippen molar-refractivity contribution in [2.24, 2.45) is 12.0 Å². The summed E-state index contributed by atoms with van der Waals surface area (Å²) in [6.07, 6.45) is 6.90. The van der Waals surface area contributed by atoms with E-state index in [2.05, 4.69) is 51.1 Å². The van der Waals surface area contributed by atoms with Gasteiger partial charge in [-0.2, -0.15) is 5.10 Å². The molecule has 0 saturated heterocycles. The third-order valence-corrected chi connectivity index (χ3v) is 5.12. The van der Waals surface area contributed by atoms with E-state index in [1.165, 1.54) is 31.2 Å². The van der Waals surface area contributed by atoms with E-state index in [0.717, 1.165) is 18.2 Å². The summed E-state index contributed by atoms with van der Waals surface area (Å²) in [6.45, 7) is 1.64. The molecule has 2 N–H and O–H groups in total. The quantitative estimate of drug-likeness (QED) is 0.656. The first kappa shape index (κ1) is 16.6. The molecule has 0 amide bonds. The first-order chi connectivity index (χ1) is 11.7. The fourth-order valence-corrected chi connectivity index (χ4v) is 3.63. The van der Waals surface area contributed by atoms with Gasteiger partial charge in [-0.05, 0) is 24.5 Å². The van der Waals surface area contributed by atoms with Crippen LogP contribution in [0.25, 0.3) is 0 Å². The van der Waals surface area contributed by atoms with E-state index in [0.29, 0.717) is 6.54 Å².